The second kappa shape index (κ2) is 6.78. The zero-order valence-corrected chi connectivity index (χ0v) is 10.7. The molecule has 0 spiro atoms. The minimum Gasteiger partial charge on any atom is -0.481 e. The Morgan fingerprint density at radius 1 is 1.28 bits per heavy atom. The van der Waals surface area contributed by atoms with E-state index in [1.807, 2.05) is 0 Å². The molecule has 1 amide bonds. The number of aromatic nitrogens is 1. The number of carboxylic acid groups (broad SMARTS) is 1. The molecule has 1 aromatic rings. The van der Waals surface area contributed by atoms with Gasteiger partial charge in [-0.2, -0.15) is 0 Å². The van der Waals surface area contributed by atoms with Crippen molar-refractivity contribution < 1.29 is 19.2 Å². The number of aryl methyl sites for hydroxylation is 2. The lowest BCUT2D eigenvalue weighted by Crippen LogP contribution is -2.25. The number of carbonyl (C=O) groups is 2. The first-order chi connectivity index (χ1) is 8.52. The van der Waals surface area contributed by atoms with Crippen molar-refractivity contribution in [1.82, 2.24) is 10.5 Å². The summed E-state index contributed by atoms with van der Waals surface area (Å²) in [6.45, 7) is 3.95. The molecule has 0 unspecified atom stereocenters. The highest BCUT2D eigenvalue weighted by molar-refractivity contribution is 5.96. The highest BCUT2D eigenvalue weighted by atomic mass is 16.5. The second-order valence-corrected chi connectivity index (χ2v) is 4.16. The molecule has 0 aliphatic carbocycles. The Hall–Kier alpha value is -1.85. The maximum absolute atomic E-state index is 11.8. The molecule has 0 aromatic carbocycles. The Morgan fingerprint density at radius 2 is 2.00 bits per heavy atom. The van der Waals surface area contributed by atoms with Crippen molar-refractivity contribution in [2.45, 2.75) is 39.5 Å². The minimum atomic E-state index is -0.783. The molecule has 0 radical (unpaired) electrons. The van der Waals surface area contributed by atoms with Gasteiger partial charge in [0.2, 0.25) is 0 Å². The van der Waals surface area contributed by atoms with Gasteiger partial charge in [-0.15, -0.1) is 0 Å². The third-order valence-corrected chi connectivity index (χ3v) is 2.61. The van der Waals surface area contributed by atoms with Crippen LogP contribution in [-0.4, -0.2) is 28.7 Å². The minimum absolute atomic E-state index is 0.178. The summed E-state index contributed by atoms with van der Waals surface area (Å²) in [6, 6.07) is 0. The summed E-state index contributed by atoms with van der Waals surface area (Å²) in [5.74, 6) is -0.463. The van der Waals surface area contributed by atoms with Crippen LogP contribution in [0.2, 0.25) is 0 Å². The van der Waals surface area contributed by atoms with Gasteiger partial charge >= 0.3 is 5.97 Å². The van der Waals surface area contributed by atoms with Crippen LogP contribution in [0.1, 0.15) is 47.5 Å². The second-order valence-electron chi connectivity index (χ2n) is 4.16. The number of unbranched alkanes of at least 4 members (excludes halogenated alkanes) is 2. The average molecular weight is 254 g/mol. The number of carbonyl (C=O) groups excluding carboxylic acids is 1. The number of aliphatic carboxylic acids is 1. The van der Waals surface area contributed by atoms with Crippen LogP contribution in [-0.2, 0) is 4.79 Å². The molecule has 1 heterocycles. The van der Waals surface area contributed by atoms with Crippen LogP contribution in [0, 0.1) is 13.8 Å². The van der Waals surface area contributed by atoms with Crippen LogP contribution in [0.5, 0.6) is 0 Å². The van der Waals surface area contributed by atoms with Crippen molar-refractivity contribution in [2.24, 2.45) is 0 Å². The molecule has 6 heteroatoms. The van der Waals surface area contributed by atoms with Gasteiger partial charge in [0.25, 0.3) is 5.91 Å². The Labute approximate surface area is 105 Å². The Kier molecular flexibility index (Phi) is 5.35. The lowest BCUT2D eigenvalue weighted by atomic mass is 10.1. The quantitative estimate of drug-likeness (QED) is 0.722. The molecule has 6 nitrogen and oxygen atoms in total. The van der Waals surface area contributed by atoms with Crippen molar-refractivity contribution in [2.75, 3.05) is 6.54 Å². The van der Waals surface area contributed by atoms with Crippen molar-refractivity contribution in [3.05, 3.63) is 17.0 Å². The predicted molar refractivity (Wildman–Crippen MR) is 64.4 cm³/mol. The smallest absolute Gasteiger partial charge is 0.303 e. The summed E-state index contributed by atoms with van der Waals surface area (Å²) in [7, 11) is 0. The lowest BCUT2D eigenvalue weighted by Gasteiger charge is -2.04. The van der Waals surface area contributed by atoms with Gasteiger partial charge in [0.1, 0.15) is 11.3 Å². The average Bonchev–Trinajstić information content (AvgIpc) is 2.63. The van der Waals surface area contributed by atoms with E-state index in [0.29, 0.717) is 30.0 Å². The first-order valence-electron chi connectivity index (χ1n) is 5.95. The predicted octanol–water partition coefficient (Wildman–Crippen LogP) is 1.67. The van der Waals surface area contributed by atoms with Crippen LogP contribution < -0.4 is 5.32 Å². The van der Waals surface area contributed by atoms with Crippen LogP contribution >= 0.6 is 0 Å². The first kappa shape index (κ1) is 14.2. The van der Waals surface area contributed by atoms with Gasteiger partial charge in [-0.1, -0.05) is 11.6 Å². The number of amides is 1. The van der Waals surface area contributed by atoms with Gasteiger partial charge in [-0.3, -0.25) is 9.59 Å². The van der Waals surface area contributed by atoms with Gasteiger partial charge in [-0.25, -0.2) is 0 Å². The van der Waals surface area contributed by atoms with E-state index in [-0.39, 0.29) is 12.3 Å². The molecule has 0 saturated carbocycles. The fourth-order valence-electron chi connectivity index (χ4n) is 1.68. The third-order valence-electron chi connectivity index (χ3n) is 2.61. The number of hydrogen-bond donors (Lipinski definition) is 2. The van der Waals surface area contributed by atoms with Crippen molar-refractivity contribution in [3.8, 4) is 0 Å². The summed E-state index contributed by atoms with van der Waals surface area (Å²) in [5.41, 5.74) is 1.07. The molecule has 0 atom stereocenters. The SMILES string of the molecule is Cc1noc(C)c1C(=O)NCCCCCC(=O)O. The first-order valence-corrected chi connectivity index (χ1v) is 5.95. The van der Waals surface area contributed by atoms with E-state index >= 15 is 0 Å². The zero-order valence-electron chi connectivity index (χ0n) is 10.7. The molecule has 18 heavy (non-hydrogen) atoms. The largest absolute Gasteiger partial charge is 0.481 e. The standard InChI is InChI=1S/C12H18N2O4/c1-8-11(9(2)18-14-8)12(17)13-7-5-3-4-6-10(15)16/h3-7H2,1-2H3,(H,13,17)(H,15,16). The van der Waals surface area contributed by atoms with Crippen LogP contribution in [0.25, 0.3) is 0 Å². The number of carboxylic acids is 1. The molecule has 0 bridgehead atoms. The summed E-state index contributed by atoms with van der Waals surface area (Å²) < 4.78 is 4.91. The Balaban J connectivity index is 2.24. The van der Waals surface area contributed by atoms with Gasteiger partial charge in [0, 0.05) is 13.0 Å². The maximum atomic E-state index is 11.8. The van der Waals surface area contributed by atoms with E-state index in [1.54, 1.807) is 13.8 Å². The molecule has 0 fully saturated rings. The van der Waals surface area contributed by atoms with Gasteiger partial charge in [-0.05, 0) is 26.7 Å². The third kappa shape index (κ3) is 4.20. The fourth-order valence-corrected chi connectivity index (χ4v) is 1.68. The van der Waals surface area contributed by atoms with E-state index in [0.717, 1.165) is 12.8 Å². The molecule has 100 valence electrons. The van der Waals surface area contributed by atoms with Crippen LogP contribution in [0.4, 0.5) is 0 Å². The lowest BCUT2D eigenvalue weighted by molar-refractivity contribution is -0.137. The van der Waals surface area contributed by atoms with Crippen LogP contribution in [0.15, 0.2) is 4.52 Å². The van der Waals surface area contributed by atoms with E-state index in [1.165, 1.54) is 0 Å². The van der Waals surface area contributed by atoms with Crippen molar-refractivity contribution in [1.29, 1.82) is 0 Å². The zero-order chi connectivity index (χ0) is 13.5. The molecule has 0 aliphatic heterocycles. The summed E-state index contributed by atoms with van der Waals surface area (Å²) in [6.07, 6.45) is 2.37. The Morgan fingerprint density at radius 3 is 2.56 bits per heavy atom. The number of rotatable bonds is 7. The van der Waals surface area contributed by atoms with Crippen molar-refractivity contribution in [3.63, 3.8) is 0 Å². The summed E-state index contributed by atoms with van der Waals surface area (Å²) in [4.78, 5) is 22.1. The van der Waals surface area contributed by atoms with Gasteiger partial charge < -0.3 is 14.9 Å². The van der Waals surface area contributed by atoms with E-state index in [9.17, 15) is 9.59 Å². The van der Waals surface area contributed by atoms with E-state index in [2.05, 4.69) is 10.5 Å². The molecule has 2 N–H and O–H groups in total. The number of hydrogen-bond acceptors (Lipinski definition) is 4. The molecule has 0 saturated heterocycles. The topological polar surface area (TPSA) is 92.4 Å². The monoisotopic (exact) mass is 254 g/mol. The van der Waals surface area contributed by atoms with Crippen molar-refractivity contribution >= 4 is 11.9 Å². The number of nitrogens with one attached hydrogen (secondary N) is 1. The van der Waals surface area contributed by atoms with E-state index in [4.69, 9.17) is 9.63 Å². The van der Waals surface area contributed by atoms with Gasteiger partial charge in [0.05, 0.1) is 5.69 Å². The molecule has 0 aliphatic rings. The fraction of sp³-hybridized carbons (Fsp3) is 0.583. The highest BCUT2D eigenvalue weighted by Gasteiger charge is 2.16. The summed E-state index contributed by atoms with van der Waals surface area (Å²) >= 11 is 0. The molecular formula is C12H18N2O4. The number of nitrogens with zero attached hydrogens (tertiary/aromatic N) is 1. The molecule has 1 rings (SSSR count). The van der Waals surface area contributed by atoms with Gasteiger partial charge in [0.15, 0.2) is 0 Å². The maximum Gasteiger partial charge on any atom is 0.303 e. The molecule has 1 aromatic heterocycles. The Bertz CT molecular complexity index is 406. The van der Waals surface area contributed by atoms with E-state index < -0.39 is 5.97 Å². The van der Waals surface area contributed by atoms with Crippen LogP contribution in [0.3, 0.4) is 0 Å². The molecular weight excluding hydrogens is 236 g/mol. The normalized spacial score (nSPS) is 10.3. The highest BCUT2D eigenvalue weighted by Crippen LogP contribution is 2.11. The summed E-state index contributed by atoms with van der Waals surface area (Å²) in [5, 5.41) is 14.9.